The Hall–Kier alpha value is -2.37. The number of fused-ring (bicyclic) bond motifs is 3. The predicted octanol–water partition coefficient (Wildman–Crippen LogP) is 4.47. The number of alkyl halides is 2. The second-order valence-electron chi connectivity index (χ2n) is 6.72. The van der Waals surface area contributed by atoms with Crippen LogP contribution in [0.1, 0.15) is 41.7 Å². The maximum Gasteiger partial charge on any atom is 0.387 e. The quantitative estimate of drug-likeness (QED) is 0.749. The average Bonchev–Trinajstić information content (AvgIpc) is 3.32. The Labute approximate surface area is 144 Å². The fourth-order valence-corrected chi connectivity index (χ4v) is 3.62. The summed E-state index contributed by atoms with van der Waals surface area (Å²) in [7, 11) is 1.43. The molecule has 1 aliphatic heterocycles. The number of hydrogen-bond donors (Lipinski definition) is 0. The molecule has 0 N–H and O–H groups in total. The zero-order valence-corrected chi connectivity index (χ0v) is 14.1. The number of carbonyl (C=O) groups excluding carboxylic acids is 1. The van der Waals surface area contributed by atoms with Crippen LogP contribution in [-0.4, -0.2) is 24.1 Å². The molecule has 0 radical (unpaired) electrons. The second-order valence-corrected chi connectivity index (χ2v) is 6.72. The van der Waals surface area contributed by atoms with Crippen molar-refractivity contribution in [2.75, 3.05) is 7.11 Å². The smallest absolute Gasteiger partial charge is 0.387 e. The highest BCUT2D eigenvalue weighted by Crippen LogP contribution is 2.45. The van der Waals surface area contributed by atoms with Gasteiger partial charge < -0.3 is 14.0 Å². The van der Waals surface area contributed by atoms with Gasteiger partial charge in [0.05, 0.1) is 12.8 Å². The van der Waals surface area contributed by atoms with Gasteiger partial charge in [0.25, 0.3) is 0 Å². The molecule has 1 unspecified atom stereocenters. The number of hydrogen-bond acceptors (Lipinski definition) is 3. The number of ether oxygens (including phenoxy) is 2. The Morgan fingerprint density at radius 3 is 2.68 bits per heavy atom. The molecule has 0 bridgehead atoms. The van der Waals surface area contributed by atoms with E-state index < -0.39 is 6.61 Å². The molecule has 2 heterocycles. The van der Waals surface area contributed by atoms with Crippen LogP contribution in [0.5, 0.6) is 11.5 Å². The molecule has 1 aromatic carbocycles. The molecule has 2 aromatic rings. The van der Waals surface area contributed by atoms with E-state index in [-0.39, 0.29) is 29.2 Å². The van der Waals surface area contributed by atoms with E-state index in [4.69, 9.17) is 4.74 Å². The van der Waals surface area contributed by atoms with E-state index in [1.54, 1.807) is 12.1 Å². The molecule has 4 rings (SSSR count). The minimum Gasteiger partial charge on any atom is -0.493 e. The number of benzene rings is 1. The summed E-state index contributed by atoms with van der Waals surface area (Å²) in [4.78, 5) is 12.7. The van der Waals surface area contributed by atoms with Crippen LogP contribution in [0.15, 0.2) is 24.4 Å². The maximum absolute atomic E-state index is 12.8. The van der Waals surface area contributed by atoms with E-state index in [0.717, 1.165) is 36.1 Å². The van der Waals surface area contributed by atoms with Crippen molar-refractivity contribution in [1.29, 1.82) is 0 Å². The van der Waals surface area contributed by atoms with E-state index in [1.165, 1.54) is 7.11 Å². The molecule has 25 heavy (non-hydrogen) atoms. The van der Waals surface area contributed by atoms with Crippen molar-refractivity contribution in [3.63, 3.8) is 0 Å². The topological polar surface area (TPSA) is 40.5 Å². The van der Waals surface area contributed by atoms with Gasteiger partial charge in [-0.1, -0.05) is 0 Å². The number of aromatic nitrogens is 1. The minimum atomic E-state index is -2.94. The first-order valence-electron chi connectivity index (χ1n) is 8.40. The SMILES string of the molecule is COc1cc2c(cc1OC(F)F)-c1c(C(=O)C3CC3)ccn1C(C)C2. The number of halogens is 2. The van der Waals surface area contributed by atoms with Gasteiger partial charge in [-0.25, -0.2) is 0 Å². The van der Waals surface area contributed by atoms with Gasteiger partial charge in [0, 0.05) is 29.3 Å². The lowest BCUT2D eigenvalue weighted by Gasteiger charge is -2.27. The fraction of sp³-hybridized carbons (Fsp3) is 0.421. The van der Waals surface area contributed by atoms with Crippen molar-refractivity contribution < 1.29 is 23.0 Å². The normalized spacial score (nSPS) is 18.7. The third-order valence-electron chi connectivity index (χ3n) is 4.98. The number of nitrogens with zero attached hydrogens (tertiary/aromatic N) is 1. The molecular weight excluding hydrogens is 328 g/mol. The predicted molar refractivity (Wildman–Crippen MR) is 88.5 cm³/mol. The monoisotopic (exact) mass is 347 g/mol. The van der Waals surface area contributed by atoms with Crippen molar-refractivity contribution in [3.05, 3.63) is 35.5 Å². The Morgan fingerprint density at radius 2 is 2.04 bits per heavy atom. The van der Waals surface area contributed by atoms with Crippen LogP contribution < -0.4 is 9.47 Å². The maximum atomic E-state index is 12.8. The molecule has 132 valence electrons. The van der Waals surface area contributed by atoms with Crippen LogP contribution in [0, 0.1) is 5.92 Å². The molecule has 1 fully saturated rings. The van der Waals surface area contributed by atoms with Gasteiger partial charge in [-0.15, -0.1) is 0 Å². The molecule has 1 aromatic heterocycles. The summed E-state index contributed by atoms with van der Waals surface area (Å²) < 4.78 is 37.4. The van der Waals surface area contributed by atoms with Crippen molar-refractivity contribution in [1.82, 2.24) is 4.57 Å². The molecule has 1 aliphatic carbocycles. The Morgan fingerprint density at radius 1 is 1.28 bits per heavy atom. The molecule has 0 spiro atoms. The number of ketones is 1. The zero-order chi connectivity index (χ0) is 17.7. The molecule has 6 heteroatoms. The number of carbonyl (C=O) groups is 1. The van der Waals surface area contributed by atoms with E-state index in [2.05, 4.69) is 16.2 Å². The summed E-state index contributed by atoms with van der Waals surface area (Å²) in [5.74, 6) is 0.508. The van der Waals surface area contributed by atoms with Crippen molar-refractivity contribution in [3.8, 4) is 22.8 Å². The number of rotatable bonds is 5. The summed E-state index contributed by atoms with van der Waals surface area (Å²) >= 11 is 0. The number of methoxy groups -OCH3 is 1. The standard InChI is InChI=1S/C19H19F2NO3/c1-10-7-12-8-15(24-2)16(25-19(20)21)9-14(12)17-13(5-6-22(10)17)18(23)11-3-4-11/h5-6,8-11,19H,3-4,7H2,1-2H3. The van der Waals surface area contributed by atoms with Crippen molar-refractivity contribution >= 4 is 5.78 Å². The third kappa shape index (κ3) is 2.69. The van der Waals surface area contributed by atoms with Crippen LogP contribution in [0.3, 0.4) is 0 Å². The first-order valence-corrected chi connectivity index (χ1v) is 8.40. The lowest BCUT2D eigenvalue weighted by Crippen LogP contribution is -2.17. The highest BCUT2D eigenvalue weighted by molar-refractivity contribution is 6.05. The Kier molecular flexibility index (Phi) is 3.78. The van der Waals surface area contributed by atoms with Crippen LogP contribution in [-0.2, 0) is 6.42 Å². The summed E-state index contributed by atoms with van der Waals surface area (Å²) in [6.07, 6.45) is 4.50. The molecule has 0 saturated heterocycles. The number of Topliss-reactive ketones (excluding diaryl/α,β-unsaturated/α-hetero) is 1. The van der Waals surface area contributed by atoms with E-state index >= 15 is 0 Å². The third-order valence-corrected chi connectivity index (χ3v) is 4.98. The van der Waals surface area contributed by atoms with Gasteiger partial charge in [0.15, 0.2) is 17.3 Å². The van der Waals surface area contributed by atoms with Gasteiger partial charge in [-0.3, -0.25) is 4.79 Å². The average molecular weight is 347 g/mol. The first kappa shape index (κ1) is 16.1. The van der Waals surface area contributed by atoms with Crippen LogP contribution in [0.2, 0.25) is 0 Å². The molecule has 4 nitrogen and oxygen atoms in total. The Bertz CT molecular complexity index is 839. The van der Waals surface area contributed by atoms with Gasteiger partial charge in [-0.05, 0) is 49.9 Å². The summed E-state index contributed by atoms with van der Waals surface area (Å²) in [6, 6.07) is 5.34. The van der Waals surface area contributed by atoms with Gasteiger partial charge in [0.1, 0.15) is 0 Å². The Balaban J connectivity index is 1.88. The van der Waals surface area contributed by atoms with Crippen molar-refractivity contribution in [2.24, 2.45) is 5.92 Å². The van der Waals surface area contributed by atoms with E-state index in [0.29, 0.717) is 5.56 Å². The summed E-state index contributed by atoms with van der Waals surface area (Å²) in [5.41, 5.74) is 3.21. The van der Waals surface area contributed by atoms with E-state index in [1.807, 2.05) is 12.3 Å². The molecule has 1 saturated carbocycles. The van der Waals surface area contributed by atoms with Crippen molar-refractivity contribution in [2.45, 2.75) is 38.8 Å². The zero-order valence-electron chi connectivity index (χ0n) is 14.1. The lowest BCUT2D eigenvalue weighted by atomic mass is 9.91. The highest BCUT2D eigenvalue weighted by atomic mass is 19.3. The minimum absolute atomic E-state index is 0.0108. The molecule has 0 amide bonds. The van der Waals surface area contributed by atoms with Gasteiger partial charge >= 0.3 is 6.61 Å². The molecule has 1 atom stereocenters. The molecule has 2 aliphatic rings. The summed E-state index contributed by atoms with van der Waals surface area (Å²) in [5, 5.41) is 0. The van der Waals surface area contributed by atoms with Crippen LogP contribution in [0.25, 0.3) is 11.3 Å². The van der Waals surface area contributed by atoms with Gasteiger partial charge in [0.2, 0.25) is 0 Å². The highest BCUT2D eigenvalue weighted by Gasteiger charge is 2.35. The lowest BCUT2D eigenvalue weighted by molar-refractivity contribution is -0.0512. The fourth-order valence-electron chi connectivity index (χ4n) is 3.62. The van der Waals surface area contributed by atoms with E-state index in [9.17, 15) is 13.6 Å². The van der Waals surface area contributed by atoms with Crippen LogP contribution >= 0.6 is 0 Å². The molecular formula is C19H19F2NO3. The first-order chi connectivity index (χ1) is 12.0. The second kappa shape index (κ2) is 5.86. The van der Waals surface area contributed by atoms with Gasteiger partial charge in [-0.2, -0.15) is 8.78 Å². The largest absolute Gasteiger partial charge is 0.493 e. The van der Waals surface area contributed by atoms with Crippen LogP contribution in [0.4, 0.5) is 8.78 Å². The summed E-state index contributed by atoms with van der Waals surface area (Å²) in [6.45, 7) is -0.859.